The Kier molecular flexibility index (Phi) is 6.02. The molecule has 0 unspecified atom stereocenters. The second-order valence-corrected chi connectivity index (χ2v) is 8.63. The molecule has 0 spiro atoms. The second-order valence-electron chi connectivity index (χ2n) is 8.19. The quantitative estimate of drug-likeness (QED) is 0.508. The van der Waals surface area contributed by atoms with Crippen LogP contribution in [0.15, 0.2) is 60.4 Å². The molecule has 31 heavy (non-hydrogen) atoms. The van der Waals surface area contributed by atoms with Crippen LogP contribution in [0, 0.1) is 0 Å². The fourth-order valence-corrected chi connectivity index (χ4v) is 4.40. The average Bonchev–Trinajstić information content (AvgIpc) is 2.72. The summed E-state index contributed by atoms with van der Waals surface area (Å²) in [6.07, 6.45) is 1.47. The van der Waals surface area contributed by atoms with Crippen molar-refractivity contribution in [1.82, 2.24) is 4.90 Å². The molecule has 4 rings (SSSR count). The van der Waals surface area contributed by atoms with Crippen molar-refractivity contribution in [2.24, 2.45) is 0 Å². The molecule has 0 N–H and O–H groups in total. The Morgan fingerprint density at radius 3 is 2.29 bits per heavy atom. The first-order chi connectivity index (χ1) is 14.8. The number of likely N-dealkylation sites (tertiary alicyclic amines) is 1. The smallest absolute Gasteiger partial charge is 0.416 e. The molecule has 1 amide bonds. The van der Waals surface area contributed by atoms with Crippen molar-refractivity contribution in [1.29, 1.82) is 0 Å². The van der Waals surface area contributed by atoms with Gasteiger partial charge in [-0.3, -0.25) is 4.79 Å². The number of nitrogens with zero attached hydrogens (tertiary/aromatic N) is 1. The minimum atomic E-state index is -4.37. The zero-order valence-electron chi connectivity index (χ0n) is 16.9. The molecule has 0 aromatic heterocycles. The van der Waals surface area contributed by atoms with Gasteiger partial charge in [0.2, 0.25) is 5.91 Å². The Balaban J connectivity index is 1.44. The third-order valence-electron chi connectivity index (χ3n) is 6.16. The van der Waals surface area contributed by atoms with E-state index in [4.69, 9.17) is 16.3 Å². The van der Waals surface area contributed by atoms with Crippen molar-refractivity contribution in [2.45, 2.75) is 43.7 Å². The molecule has 1 aliphatic carbocycles. The third kappa shape index (κ3) is 4.59. The van der Waals surface area contributed by atoms with Gasteiger partial charge in [0.05, 0.1) is 17.2 Å². The minimum Gasteiger partial charge on any atom is -0.465 e. The molecule has 2 aromatic rings. The first-order valence-corrected chi connectivity index (χ1v) is 10.7. The number of hydrogen-bond acceptors (Lipinski definition) is 2. The van der Waals surface area contributed by atoms with Crippen LogP contribution < -0.4 is 4.74 Å². The van der Waals surface area contributed by atoms with Crippen molar-refractivity contribution in [2.75, 3.05) is 13.1 Å². The molecular weight excluding hydrogens is 427 g/mol. The lowest BCUT2D eigenvalue weighted by Crippen LogP contribution is -2.52. The molecule has 1 aliphatic heterocycles. The fraction of sp³-hybridized carbons (Fsp3) is 0.375. The number of benzene rings is 2. The van der Waals surface area contributed by atoms with Crippen LogP contribution in [0.5, 0.6) is 5.75 Å². The number of alkyl halides is 3. The summed E-state index contributed by atoms with van der Waals surface area (Å²) in [5.74, 6) is 0.460. The van der Waals surface area contributed by atoms with Crippen LogP contribution in [-0.4, -0.2) is 23.9 Å². The van der Waals surface area contributed by atoms with Crippen LogP contribution in [0.4, 0.5) is 13.2 Å². The van der Waals surface area contributed by atoms with E-state index in [1.54, 1.807) is 6.26 Å². The molecule has 2 fully saturated rings. The first-order valence-electron chi connectivity index (χ1n) is 10.4. The van der Waals surface area contributed by atoms with Gasteiger partial charge in [-0.25, -0.2) is 0 Å². The third-order valence-corrected chi connectivity index (χ3v) is 6.42. The van der Waals surface area contributed by atoms with Crippen molar-refractivity contribution in [3.8, 4) is 5.75 Å². The molecule has 3 nitrogen and oxygen atoms in total. The van der Waals surface area contributed by atoms with E-state index in [2.05, 4.69) is 0 Å². The summed E-state index contributed by atoms with van der Waals surface area (Å²) >= 11 is 6.01. The van der Waals surface area contributed by atoms with Gasteiger partial charge < -0.3 is 9.64 Å². The maximum absolute atomic E-state index is 13.5. The monoisotopic (exact) mass is 449 g/mol. The predicted octanol–water partition coefficient (Wildman–Crippen LogP) is 6.37. The lowest BCUT2D eigenvalue weighted by molar-refractivity contribution is -0.141. The Morgan fingerprint density at radius 1 is 1.03 bits per heavy atom. The lowest BCUT2D eigenvalue weighted by Gasteiger charge is -2.45. The summed E-state index contributed by atoms with van der Waals surface area (Å²) in [6.45, 7) is 1.15. The minimum absolute atomic E-state index is 0.126. The second kappa shape index (κ2) is 8.58. The normalized spacial score (nSPS) is 19.7. The molecule has 7 heteroatoms. The molecule has 0 radical (unpaired) electrons. The van der Waals surface area contributed by atoms with Crippen molar-refractivity contribution in [3.63, 3.8) is 0 Å². The van der Waals surface area contributed by atoms with E-state index < -0.39 is 17.2 Å². The van der Waals surface area contributed by atoms with Gasteiger partial charge in [0.25, 0.3) is 0 Å². The van der Waals surface area contributed by atoms with E-state index in [-0.39, 0.29) is 5.91 Å². The van der Waals surface area contributed by atoms with Crippen LogP contribution in [0.25, 0.3) is 0 Å². The Hall–Kier alpha value is -2.47. The van der Waals surface area contributed by atoms with Gasteiger partial charge in [0, 0.05) is 18.1 Å². The molecule has 2 aromatic carbocycles. The molecule has 1 heterocycles. The highest BCUT2D eigenvalue weighted by Gasteiger charge is 2.47. The number of piperidine rings is 1. The molecule has 164 valence electrons. The van der Waals surface area contributed by atoms with Crippen LogP contribution in [0.2, 0.25) is 5.02 Å². The summed E-state index contributed by atoms with van der Waals surface area (Å²) in [6, 6.07) is 12.1. The molecular formula is C24H23ClF3NO2. The van der Waals surface area contributed by atoms with Crippen molar-refractivity contribution < 1.29 is 22.7 Å². The fourth-order valence-electron chi connectivity index (χ4n) is 4.27. The molecule has 2 aliphatic rings. The van der Waals surface area contributed by atoms with Crippen LogP contribution in [0.1, 0.15) is 43.2 Å². The standard InChI is InChI=1S/C24H23ClF3NO2/c25-20-8-4-18(5-9-20)23(12-2-13-23)22(30)29-14-1-3-17(15-29)16-31-21-10-6-19(7-11-21)24(26,27)28/h4-11,16H,1-3,12-15H2/b17-16-. The van der Waals surface area contributed by atoms with E-state index in [9.17, 15) is 18.0 Å². The van der Waals surface area contributed by atoms with Gasteiger partial charge in [-0.05, 0) is 73.2 Å². The number of rotatable bonds is 4. The maximum atomic E-state index is 13.5. The van der Waals surface area contributed by atoms with E-state index in [0.29, 0.717) is 23.9 Å². The van der Waals surface area contributed by atoms with Crippen molar-refractivity contribution >= 4 is 17.5 Å². The van der Waals surface area contributed by atoms with Gasteiger partial charge in [-0.1, -0.05) is 30.2 Å². The van der Waals surface area contributed by atoms with Gasteiger partial charge in [0.15, 0.2) is 0 Å². The predicted molar refractivity (Wildman–Crippen MR) is 113 cm³/mol. The van der Waals surface area contributed by atoms with E-state index in [0.717, 1.165) is 55.4 Å². The number of carbonyl (C=O) groups is 1. The number of halogens is 4. The number of carbonyl (C=O) groups excluding carboxylic acids is 1. The summed E-state index contributed by atoms with van der Waals surface area (Å²) in [5, 5.41) is 0.647. The lowest BCUT2D eigenvalue weighted by atomic mass is 9.63. The Morgan fingerprint density at radius 2 is 1.71 bits per heavy atom. The topological polar surface area (TPSA) is 29.5 Å². The van der Waals surface area contributed by atoms with E-state index >= 15 is 0 Å². The highest BCUT2D eigenvalue weighted by atomic mass is 35.5. The summed E-state index contributed by atoms with van der Waals surface area (Å²) in [7, 11) is 0. The van der Waals surface area contributed by atoms with Crippen LogP contribution in [0.3, 0.4) is 0 Å². The number of ether oxygens (including phenoxy) is 1. The molecule has 0 bridgehead atoms. The molecule has 0 atom stereocenters. The van der Waals surface area contributed by atoms with E-state index in [1.807, 2.05) is 29.2 Å². The summed E-state index contributed by atoms with van der Waals surface area (Å²) < 4.78 is 43.7. The highest BCUT2D eigenvalue weighted by molar-refractivity contribution is 6.30. The summed E-state index contributed by atoms with van der Waals surface area (Å²) in [4.78, 5) is 15.3. The zero-order chi connectivity index (χ0) is 22.1. The van der Waals surface area contributed by atoms with Crippen LogP contribution >= 0.6 is 11.6 Å². The Bertz CT molecular complexity index is 964. The molecule has 1 saturated carbocycles. The maximum Gasteiger partial charge on any atom is 0.416 e. The number of hydrogen-bond donors (Lipinski definition) is 0. The van der Waals surface area contributed by atoms with Crippen molar-refractivity contribution in [3.05, 3.63) is 76.5 Å². The van der Waals surface area contributed by atoms with Gasteiger partial charge in [0.1, 0.15) is 5.75 Å². The van der Waals surface area contributed by atoms with E-state index in [1.165, 1.54) is 12.1 Å². The zero-order valence-corrected chi connectivity index (χ0v) is 17.7. The summed E-state index contributed by atoms with van der Waals surface area (Å²) in [5.41, 5.74) is 0.756. The van der Waals surface area contributed by atoms with Crippen LogP contribution in [-0.2, 0) is 16.4 Å². The van der Waals surface area contributed by atoms with Gasteiger partial charge in [-0.2, -0.15) is 13.2 Å². The Labute approximate surface area is 184 Å². The first kappa shape index (κ1) is 21.8. The van der Waals surface area contributed by atoms with Gasteiger partial charge in [-0.15, -0.1) is 0 Å². The average molecular weight is 450 g/mol. The highest BCUT2D eigenvalue weighted by Crippen LogP contribution is 2.46. The largest absolute Gasteiger partial charge is 0.465 e. The SMILES string of the molecule is O=C(N1CCC/C(=C/Oc2ccc(C(F)(F)F)cc2)C1)C1(c2ccc(Cl)cc2)CCC1. The van der Waals surface area contributed by atoms with Gasteiger partial charge >= 0.3 is 6.18 Å². The number of amides is 1. The molecule has 1 saturated heterocycles.